The number of imidazole rings is 1. The molecule has 0 saturated carbocycles. The first-order chi connectivity index (χ1) is 7.68. The molecule has 0 aliphatic carbocycles. The van der Waals surface area contributed by atoms with Crippen LogP contribution >= 0.6 is 11.9 Å². The van der Waals surface area contributed by atoms with Gasteiger partial charge in [-0.25, -0.2) is 4.98 Å². The van der Waals surface area contributed by atoms with Crippen LogP contribution in [0.25, 0.3) is 11.0 Å². The lowest BCUT2D eigenvalue weighted by Gasteiger charge is -2.15. The maximum atomic E-state index is 4.36. The monoisotopic (exact) mass is 235 g/mol. The highest BCUT2D eigenvalue weighted by molar-refractivity contribution is 7.97. The Morgan fingerprint density at radius 1 is 1.31 bits per heavy atom. The van der Waals surface area contributed by atoms with Gasteiger partial charge >= 0.3 is 0 Å². The Morgan fingerprint density at radius 3 is 2.88 bits per heavy atom. The fourth-order valence-corrected chi connectivity index (χ4v) is 2.24. The summed E-state index contributed by atoms with van der Waals surface area (Å²) in [6.07, 6.45) is 1.75. The second-order valence-corrected chi connectivity index (χ2v) is 5.57. The summed E-state index contributed by atoms with van der Waals surface area (Å²) >= 11 is 1.76. The minimum Gasteiger partial charge on any atom is -0.345 e. The molecule has 2 aromatic rings. The van der Waals surface area contributed by atoms with E-state index in [-0.39, 0.29) is 0 Å². The van der Waals surface area contributed by atoms with E-state index in [0.717, 1.165) is 11.0 Å². The minimum atomic E-state index is 0.305. The fraction of sp³-hybridized carbons (Fsp3) is 0.417. The summed E-state index contributed by atoms with van der Waals surface area (Å²) in [4.78, 5) is 7.50. The van der Waals surface area contributed by atoms with Crippen LogP contribution < -0.4 is 4.72 Å². The van der Waals surface area contributed by atoms with E-state index in [4.69, 9.17) is 0 Å². The Balaban J connectivity index is 2.22. The van der Waals surface area contributed by atoms with E-state index >= 15 is 0 Å². The molecule has 3 nitrogen and oxygen atoms in total. The van der Waals surface area contributed by atoms with E-state index in [1.165, 1.54) is 5.56 Å². The van der Waals surface area contributed by atoms with Gasteiger partial charge in [0.25, 0.3) is 0 Å². The van der Waals surface area contributed by atoms with Crippen LogP contribution in [0.5, 0.6) is 0 Å². The van der Waals surface area contributed by atoms with Crippen molar-refractivity contribution in [3.63, 3.8) is 0 Å². The fourth-order valence-electron chi connectivity index (χ4n) is 1.64. The summed E-state index contributed by atoms with van der Waals surface area (Å²) in [5, 5.41) is 0.584. The van der Waals surface area contributed by atoms with Crippen molar-refractivity contribution in [2.45, 2.75) is 32.1 Å². The van der Waals surface area contributed by atoms with Crippen molar-refractivity contribution in [2.24, 2.45) is 0 Å². The van der Waals surface area contributed by atoms with E-state index in [1.807, 2.05) is 6.07 Å². The highest BCUT2D eigenvalue weighted by Crippen LogP contribution is 2.23. The lowest BCUT2D eigenvalue weighted by molar-refractivity contribution is 0.756. The number of nitrogens with one attached hydrogen (secondary N) is 2. The van der Waals surface area contributed by atoms with Crippen molar-refractivity contribution < 1.29 is 0 Å². The molecule has 2 N–H and O–H groups in total. The average molecular weight is 235 g/mol. The highest BCUT2D eigenvalue weighted by atomic mass is 32.2. The summed E-state index contributed by atoms with van der Waals surface area (Å²) in [5.74, 6) is 0. The van der Waals surface area contributed by atoms with Crippen LogP contribution in [0.4, 0.5) is 0 Å². The third-order valence-electron chi connectivity index (χ3n) is 2.43. The predicted octanol–water partition coefficient (Wildman–Crippen LogP) is 3.27. The number of rotatable bonds is 4. The molecule has 1 aromatic carbocycles. The largest absolute Gasteiger partial charge is 0.345 e. The molecular weight excluding hydrogens is 218 g/mol. The molecule has 4 heteroatoms. The minimum absolute atomic E-state index is 0.305. The Kier molecular flexibility index (Phi) is 3.51. The molecule has 1 heterocycles. The lowest BCUT2D eigenvalue weighted by Crippen LogP contribution is -2.13. The topological polar surface area (TPSA) is 40.7 Å². The van der Waals surface area contributed by atoms with Crippen molar-refractivity contribution in [3.8, 4) is 0 Å². The standard InChI is InChI=1S/C12H17N3S/c1-8(2)16-15-9(3)10-5-4-6-11-12(10)14-7-13-11/h4-9,15H,1-3H3,(H,13,14). The van der Waals surface area contributed by atoms with Crippen LogP contribution in [-0.2, 0) is 0 Å². The zero-order chi connectivity index (χ0) is 11.5. The van der Waals surface area contributed by atoms with Gasteiger partial charge in [-0.2, -0.15) is 0 Å². The maximum absolute atomic E-state index is 4.36. The first-order valence-corrected chi connectivity index (χ1v) is 6.39. The number of para-hydroxylation sites is 1. The number of benzene rings is 1. The highest BCUT2D eigenvalue weighted by Gasteiger charge is 2.10. The lowest BCUT2D eigenvalue weighted by atomic mass is 10.1. The molecule has 0 amide bonds. The van der Waals surface area contributed by atoms with Crippen molar-refractivity contribution >= 4 is 23.0 Å². The molecule has 1 atom stereocenters. The quantitative estimate of drug-likeness (QED) is 0.799. The normalized spacial score (nSPS) is 13.5. The van der Waals surface area contributed by atoms with Crippen LogP contribution in [0, 0.1) is 0 Å². The van der Waals surface area contributed by atoms with Gasteiger partial charge in [0.05, 0.1) is 17.4 Å². The third-order valence-corrected chi connectivity index (χ3v) is 3.39. The average Bonchev–Trinajstić information content (AvgIpc) is 2.73. The molecule has 0 aliphatic rings. The van der Waals surface area contributed by atoms with E-state index in [2.05, 4.69) is 47.6 Å². The van der Waals surface area contributed by atoms with Gasteiger partial charge in [0, 0.05) is 11.3 Å². The van der Waals surface area contributed by atoms with Gasteiger partial charge in [0.1, 0.15) is 0 Å². The smallest absolute Gasteiger partial charge is 0.0932 e. The van der Waals surface area contributed by atoms with Crippen molar-refractivity contribution in [1.29, 1.82) is 0 Å². The number of fused-ring (bicyclic) bond motifs is 1. The summed E-state index contributed by atoms with van der Waals surface area (Å²) in [6.45, 7) is 6.53. The SMILES string of the molecule is CC(C)SNC(C)c1cccc2[nH]cnc12. The molecule has 16 heavy (non-hydrogen) atoms. The van der Waals surface area contributed by atoms with Crippen LogP contribution in [0.15, 0.2) is 24.5 Å². The van der Waals surface area contributed by atoms with Crippen molar-refractivity contribution in [2.75, 3.05) is 0 Å². The maximum Gasteiger partial charge on any atom is 0.0932 e. The molecule has 0 aliphatic heterocycles. The molecule has 0 radical (unpaired) electrons. The van der Waals surface area contributed by atoms with Gasteiger partial charge in [-0.3, -0.25) is 4.72 Å². The number of H-pyrrole nitrogens is 1. The van der Waals surface area contributed by atoms with Gasteiger partial charge in [0.15, 0.2) is 0 Å². The summed E-state index contributed by atoms with van der Waals surface area (Å²) in [6, 6.07) is 6.55. The number of aromatic nitrogens is 2. The summed E-state index contributed by atoms with van der Waals surface area (Å²) < 4.78 is 3.44. The number of aromatic amines is 1. The van der Waals surface area contributed by atoms with E-state index in [0.29, 0.717) is 11.3 Å². The Hall–Kier alpha value is -1.00. The molecule has 1 unspecified atom stereocenters. The Bertz CT molecular complexity index is 464. The molecule has 0 fully saturated rings. The van der Waals surface area contributed by atoms with Crippen LogP contribution in [0.3, 0.4) is 0 Å². The molecular formula is C12H17N3S. The Labute approximate surface area is 100 Å². The van der Waals surface area contributed by atoms with E-state index in [9.17, 15) is 0 Å². The summed E-state index contributed by atoms with van der Waals surface area (Å²) in [5.41, 5.74) is 3.40. The van der Waals surface area contributed by atoms with Gasteiger partial charge in [-0.15, -0.1) is 0 Å². The summed E-state index contributed by atoms with van der Waals surface area (Å²) in [7, 11) is 0. The first-order valence-electron chi connectivity index (χ1n) is 5.51. The molecule has 2 rings (SSSR count). The zero-order valence-electron chi connectivity index (χ0n) is 9.82. The second-order valence-electron chi connectivity index (χ2n) is 4.15. The predicted molar refractivity (Wildman–Crippen MR) is 70.4 cm³/mol. The van der Waals surface area contributed by atoms with Crippen LogP contribution in [0.1, 0.15) is 32.4 Å². The Morgan fingerprint density at radius 2 is 2.12 bits per heavy atom. The van der Waals surface area contributed by atoms with Gasteiger partial charge in [-0.05, 0) is 18.6 Å². The number of hydrogen-bond donors (Lipinski definition) is 2. The third kappa shape index (κ3) is 2.39. The second kappa shape index (κ2) is 4.89. The van der Waals surface area contributed by atoms with Gasteiger partial charge in [-0.1, -0.05) is 37.9 Å². The van der Waals surface area contributed by atoms with Crippen LogP contribution in [-0.4, -0.2) is 15.2 Å². The van der Waals surface area contributed by atoms with Crippen molar-refractivity contribution in [3.05, 3.63) is 30.1 Å². The number of hydrogen-bond acceptors (Lipinski definition) is 3. The zero-order valence-corrected chi connectivity index (χ0v) is 10.6. The van der Waals surface area contributed by atoms with Gasteiger partial charge < -0.3 is 4.98 Å². The molecule has 0 bridgehead atoms. The first kappa shape index (κ1) is 11.5. The van der Waals surface area contributed by atoms with E-state index < -0.39 is 0 Å². The molecule has 0 saturated heterocycles. The molecule has 1 aromatic heterocycles. The molecule has 86 valence electrons. The van der Waals surface area contributed by atoms with Gasteiger partial charge in [0.2, 0.25) is 0 Å². The molecule has 0 spiro atoms. The van der Waals surface area contributed by atoms with Crippen LogP contribution in [0.2, 0.25) is 0 Å². The van der Waals surface area contributed by atoms with E-state index in [1.54, 1.807) is 18.3 Å². The number of nitrogens with zero attached hydrogens (tertiary/aromatic N) is 1. The van der Waals surface area contributed by atoms with Crippen molar-refractivity contribution in [1.82, 2.24) is 14.7 Å².